The molecule has 0 amide bonds. The fourth-order valence-electron chi connectivity index (χ4n) is 1.33. The van der Waals surface area contributed by atoms with Crippen molar-refractivity contribution in [3.8, 4) is 0 Å². The van der Waals surface area contributed by atoms with Gasteiger partial charge < -0.3 is 0 Å². The van der Waals surface area contributed by atoms with Gasteiger partial charge in [0.05, 0.1) is 8.46 Å². The van der Waals surface area contributed by atoms with Crippen LogP contribution in [-0.4, -0.2) is 6.16 Å². The summed E-state index contributed by atoms with van der Waals surface area (Å²) in [5, 5.41) is 0. The number of rotatable bonds is 9. The maximum absolute atomic E-state index is 10.1. The Balaban J connectivity index is 2.77. The van der Waals surface area contributed by atoms with E-state index in [0.29, 0.717) is 0 Å². The van der Waals surface area contributed by atoms with E-state index in [1.165, 1.54) is 44.9 Å². The highest BCUT2D eigenvalue weighted by Crippen LogP contribution is 2.09. The van der Waals surface area contributed by atoms with Crippen LogP contribution in [0.1, 0.15) is 58.3 Å². The third-order valence-electron chi connectivity index (χ3n) is 2.13. The van der Waals surface area contributed by atoms with Gasteiger partial charge in [-0.25, -0.2) is 0 Å². The normalized spacial score (nSPS) is 10.8. The molecule has 12 heavy (non-hydrogen) atoms. The van der Waals surface area contributed by atoms with Crippen molar-refractivity contribution in [2.45, 2.75) is 58.3 Å². The second kappa shape index (κ2) is 11.1. The molecule has 1 nitrogen and oxygen atoms in total. The lowest BCUT2D eigenvalue weighted by Gasteiger charge is -1.98. The fourth-order valence-corrected chi connectivity index (χ4v) is 1.73. The van der Waals surface area contributed by atoms with E-state index in [1.807, 2.05) is 0 Å². The second-order valence-corrected chi connectivity index (χ2v) is 4.16. The molecule has 1 atom stereocenters. The van der Waals surface area contributed by atoms with Crippen molar-refractivity contribution in [2.24, 2.45) is 0 Å². The molecule has 0 aromatic rings. The first-order valence-corrected chi connectivity index (χ1v) is 6.38. The van der Waals surface area contributed by atoms with Crippen LogP contribution in [0, 0.1) is 0 Å². The zero-order valence-corrected chi connectivity index (χ0v) is 9.27. The summed E-state index contributed by atoms with van der Waals surface area (Å²) in [6, 6.07) is 0. The van der Waals surface area contributed by atoms with Gasteiger partial charge in [0.15, 0.2) is 0 Å². The summed E-state index contributed by atoms with van der Waals surface area (Å²) >= 11 is 0. The quantitative estimate of drug-likeness (QED) is 0.393. The molecule has 0 aromatic heterocycles. The fraction of sp³-hybridized carbons (Fsp3) is 1.00. The minimum absolute atomic E-state index is 0.0800. The van der Waals surface area contributed by atoms with Crippen molar-refractivity contribution in [2.75, 3.05) is 6.16 Å². The molecule has 0 aliphatic rings. The van der Waals surface area contributed by atoms with Gasteiger partial charge in [0.25, 0.3) is 0 Å². The van der Waals surface area contributed by atoms with Gasteiger partial charge >= 0.3 is 0 Å². The third-order valence-corrected chi connectivity index (χ3v) is 2.69. The van der Waals surface area contributed by atoms with Crippen LogP contribution in [0.25, 0.3) is 0 Å². The van der Waals surface area contributed by atoms with E-state index in [0.717, 1.165) is 12.6 Å². The zero-order valence-electron chi connectivity index (χ0n) is 8.27. The van der Waals surface area contributed by atoms with Gasteiger partial charge in [0.2, 0.25) is 0 Å². The molecule has 0 rings (SSSR count). The summed E-state index contributed by atoms with van der Waals surface area (Å²) in [6.07, 6.45) is 11.6. The molecule has 2 heteroatoms. The van der Waals surface area contributed by atoms with Crippen LogP contribution in [0.15, 0.2) is 0 Å². The van der Waals surface area contributed by atoms with Crippen LogP contribution in [0.5, 0.6) is 0 Å². The van der Waals surface area contributed by atoms with Crippen LogP contribution in [0.2, 0.25) is 0 Å². The molecule has 0 N–H and O–H groups in total. The first kappa shape index (κ1) is 12.1. The van der Waals surface area contributed by atoms with E-state index in [-0.39, 0.29) is 8.46 Å². The molecule has 0 bridgehead atoms. The summed E-state index contributed by atoms with van der Waals surface area (Å²) in [7, 11) is -0.0800. The van der Waals surface area contributed by atoms with Crippen molar-refractivity contribution in [3.63, 3.8) is 0 Å². The Morgan fingerprint density at radius 3 is 1.83 bits per heavy atom. The van der Waals surface area contributed by atoms with E-state index in [1.54, 1.807) is 0 Å². The summed E-state index contributed by atoms with van der Waals surface area (Å²) < 4.78 is 10.1. The molecule has 0 saturated carbocycles. The standard InChI is InChI=1S/C10H22OP/c1-2-3-4-5-6-7-8-9-10-12-11/h12H,2-10H2,1H3. The van der Waals surface area contributed by atoms with E-state index < -0.39 is 0 Å². The van der Waals surface area contributed by atoms with Gasteiger partial charge in [-0.05, 0) is 6.42 Å². The summed E-state index contributed by atoms with van der Waals surface area (Å²) in [5.41, 5.74) is 0. The minimum Gasteiger partial charge on any atom is -0.291 e. The van der Waals surface area contributed by atoms with Crippen molar-refractivity contribution >= 4 is 8.46 Å². The molecule has 0 aromatic carbocycles. The van der Waals surface area contributed by atoms with Gasteiger partial charge in [0, 0.05) is 6.16 Å². The Kier molecular flexibility index (Phi) is 11.2. The van der Waals surface area contributed by atoms with E-state index in [9.17, 15) is 4.57 Å². The molecular weight excluding hydrogens is 167 g/mol. The van der Waals surface area contributed by atoms with Gasteiger partial charge in [-0.3, -0.25) is 4.57 Å². The highest BCUT2D eigenvalue weighted by Gasteiger charge is 1.90. The van der Waals surface area contributed by atoms with Crippen molar-refractivity contribution in [3.05, 3.63) is 0 Å². The predicted octanol–water partition coefficient (Wildman–Crippen LogP) is 4.15. The van der Waals surface area contributed by atoms with E-state index >= 15 is 0 Å². The highest BCUT2D eigenvalue weighted by atomic mass is 31.1. The SMILES string of the molecule is CCCCCCCCCC[PH]=O. The Morgan fingerprint density at radius 2 is 1.33 bits per heavy atom. The van der Waals surface area contributed by atoms with Crippen molar-refractivity contribution in [1.82, 2.24) is 0 Å². The molecule has 0 fully saturated rings. The third kappa shape index (κ3) is 10.1. The predicted molar refractivity (Wildman–Crippen MR) is 56.5 cm³/mol. The minimum atomic E-state index is -0.0800. The molecular formula is C10H22OP. The average Bonchev–Trinajstić information content (AvgIpc) is 2.10. The second-order valence-electron chi connectivity index (χ2n) is 3.37. The Bertz CT molecular complexity index is 93.8. The number of hydrogen-bond acceptors (Lipinski definition) is 1. The molecule has 0 saturated heterocycles. The smallest absolute Gasteiger partial charge is 0.0581 e. The molecule has 0 aliphatic heterocycles. The molecule has 0 heterocycles. The molecule has 1 unspecified atom stereocenters. The van der Waals surface area contributed by atoms with Crippen LogP contribution in [0.3, 0.4) is 0 Å². The van der Waals surface area contributed by atoms with Gasteiger partial charge in [-0.1, -0.05) is 51.9 Å². The van der Waals surface area contributed by atoms with Crippen LogP contribution in [-0.2, 0) is 4.57 Å². The summed E-state index contributed by atoms with van der Waals surface area (Å²) in [6.45, 7) is 2.25. The van der Waals surface area contributed by atoms with Crippen molar-refractivity contribution < 1.29 is 4.57 Å². The highest BCUT2D eigenvalue weighted by molar-refractivity contribution is 7.23. The van der Waals surface area contributed by atoms with Gasteiger partial charge in [-0.15, -0.1) is 0 Å². The maximum atomic E-state index is 10.1. The lowest BCUT2D eigenvalue weighted by Crippen LogP contribution is -1.80. The van der Waals surface area contributed by atoms with E-state index in [2.05, 4.69) is 6.92 Å². The summed E-state index contributed by atoms with van der Waals surface area (Å²) in [5.74, 6) is 0. The lowest BCUT2D eigenvalue weighted by atomic mass is 10.1. The van der Waals surface area contributed by atoms with Crippen LogP contribution < -0.4 is 0 Å². The maximum Gasteiger partial charge on any atom is 0.0581 e. The first-order valence-electron chi connectivity index (χ1n) is 5.26. The molecule has 0 spiro atoms. The molecule has 0 aliphatic carbocycles. The zero-order chi connectivity index (χ0) is 9.07. The number of unbranched alkanes of at least 4 members (excludes halogenated alkanes) is 7. The van der Waals surface area contributed by atoms with E-state index in [4.69, 9.17) is 0 Å². The largest absolute Gasteiger partial charge is 0.291 e. The first-order chi connectivity index (χ1) is 5.91. The van der Waals surface area contributed by atoms with Gasteiger partial charge in [0.1, 0.15) is 0 Å². The van der Waals surface area contributed by atoms with Crippen molar-refractivity contribution in [1.29, 1.82) is 0 Å². The summed E-state index contributed by atoms with van der Waals surface area (Å²) in [4.78, 5) is 0. The Morgan fingerprint density at radius 1 is 0.833 bits per heavy atom. The Hall–Kier alpha value is 0.100. The van der Waals surface area contributed by atoms with Crippen LogP contribution >= 0.6 is 8.46 Å². The van der Waals surface area contributed by atoms with Gasteiger partial charge in [-0.2, -0.15) is 0 Å². The number of hydrogen-bond donors (Lipinski definition) is 0. The topological polar surface area (TPSA) is 17.1 Å². The van der Waals surface area contributed by atoms with Crippen LogP contribution in [0.4, 0.5) is 0 Å². The molecule has 73 valence electrons. The average molecular weight is 189 g/mol. The lowest BCUT2D eigenvalue weighted by molar-refractivity contribution is 0.578. The molecule has 1 radical (unpaired) electrons. The monoisotopic (exact) mass is 189 g/mol. The Labute approximate surface area is 78.1 Å².